The van der Waals surface area contributed by atoms with E-state index in [0.717, 1.165) is 6.42 Å². The molecular formula is C7H16O4. The molecule has 0 aliphatic rings. The minimum atomic E-state index is -1.12. The van der Waals surface area contributed by atoms with E-state index < -0.39 is 12.3 Å². The number of aliphatic hydroxyl groups is 2. The third-order valence-electron chi connectivity index (χ3n) is 0.829. The van der Waals surface area contributed by atoms with Crippen molar-refractivity contribution >= 4 is 5.97 Å². The van der Waals surface area contributed by atoms with Crippen LogP contribution in [0.3, 0.4) is 0 Å². The van der Waals surface area contributed by atoms with Crippen molar-refractivity contribution in [3.63, 3.8) is 0 Å². The molecular weight excluding hydrogens is 148 g/mol. The molecule has 0 aromatic heterocycles. The van der Waals surface area contributed by atoms with Crippen LogP contribution in [-0.4, -0.2) is 27.6 Å². The molecule has 0 aromatic rings. The monoisotopic (exact) mass is 164 g/mol. The van der Waals surface area contributed by atoms with Crippen molar-refractivity contribution in [3.05, 3.63) is 0 Å². The topological polar surface area (TPSA) is 77.8 Å². The summed E-state index contributed by atoms with van der Waals surface area (Å²) in [6, 6.07) is 0. The highest BCUT2D eigenvalue weighted by molar-refractivity contribution is 5.66. The predicted octanol–water partition coefficient (Wildman–Crippen LogP) is 0.578. The molecule has 0 saturated heterocycles. The van der Waals surface area contributed by atoms with Crippen LogP contribution in [0.4, 0.5) is 0 Å². The van der Waals surface area contributed by atoms with E-state index in [1.807, 2.05) is 6.92 Å². The fraction of sp³-hybridized carbons (Fsp3) is 0.857. The van der Waals surface area contributed by atoms with E-state index in [1.165, 1.54) is 0 Å². The zero-order valence-corrected chi connectivity index (χ0v) is 6.95. The second-order valence-corrected chi connectivity index (χ2v) is 2.03. The van der Waals surface area contributed by atoms with Gasteiger partial charge in [0.1, 0.15) is 0 Å². The van der Waals surface area contributed by atoms with Crippen molar-refractivity contribution in [1.82, 2.24) is 0 Å². The van der Waals surface area contributed by atoms with Gasteiger partial charge in [-0.3, -0.25) is 4.79 Å². The third-order valence-corrected chi connectivity index (χ3v) is 0.829. The summed E-state index contributed by atoms with van der Waals surface area (Å²) in [6.07, 6.45) is 0.324. The van der Waals surface area contributed by atoms with Gasteiger partial charge in [-0.2, -0.15) is 0 Å². The molecule has 0 fully saturated rings. The molecule has 0 rings (SSSR count). The van der Waals surface area contributed by atoms with Crippen molar-refractivity contribution in [2.24, 2.45) is 0 Å². The average Bonchev–Trinajstić information content (AvgIpc) is 1.89. The van der Waals surface area contributed by atoms with Crippen LogP contribution in [0.15, 0.2) is 0 Å². The molecule has 0 amide bonds. The Balaban J connectivity index is 0. The fourth-order valence-corrected chi connectivity index (χ4v) is 0.214. The van der Waals surface area contributed by atoms with Gasteiger partial charge < -0.3 is 15.3 Å². The van der Waals surface area contributed by atoms with Crippen LogP contribution in [0.5, 0.6) is 0 Å². The standard InChI is InChI=1S/C4H8O2.C3H8O2/c1-2-3-4(5)6;1-2-3(4)5/h2-3H2,1H3,(H,5,6);3-5H,2H2,1H3. The lowest BCUT2D eigenvalue weighted by Crippen LogP contribution is -1.99. The quantitative estimate of drug-likeness (QED) is 0.533. The molecule has 0 atom stereocenters. The first-order valence-electron chi connectivity index (χ1n) is 3.62. The smallest absolute Gasteiger partial charge is 0.303 e. The summed E-state index contributed by atoms with van der Waals surface area (Å²) in [5, 5.41) is 23.7. The molecule has 0 bridgehead atoms. The maximum Gasteiger partial charge on any atom is 0.303 e. The second kappa shape index (κ2) is 9.39. The van der Waals surface area contributed by atoms with Crippen LogP contribution in [-0.2, 0) is 4.79 Å². The van der Waals surface area contributed by atoms with Gasteiger partial charge in [0.15, 0.2) is 6.29 Å². The maximum atomic E-state index is 9.60. The molecule has 4 heteroatoms. The number of hydrogen-bond donors (Lipinski definition) is 3. The van der Waals surface area contributed by atoms with Crippen LogP contribution < -0.4 is 0 Å². The van der Waals surface area contributed by atoms with Crippen LogP contribution >= 0.6 is 0 Å². The van der Waals surface area contributed by atoms with Gasteiger partial charge in [0.05, 0.1) is 0 Å². The first-order chi connectivity index (χ1) is 5.04. The molecule has 3 N–H and O–H groups in total. The van der Waals surface area contributed by atoms with Crippen molar-refractivity contribution in [2.75, 3.05) is 0 Å². The van der Waals surface area contributed by atoms with E-state index in [-0.39, 0.29) is 0 Å². The Morgan fingerprint density at radius 2 is 1.73 bits per heavy atom. The Kier molecular flexibility index (Phi) is 11.1. The Morgan fingerprint density at radius 1 is 1.36 bits per heavy atom. The Hall–Kier alpha value is -0.610. The van der Waals surface area contributed by atoms with Gasteiger partial charge in [0, 0.05) is 6.42 Å². The van der Waals surface area contributed by atoms with E-state index in [1.54, 1.807) is 6.92 Å². The molecule has 0 radical (unpaired) electrons. The zero-order chi connectivity index (χ0) is 9.28. The van der Waals surface area contributed by atoms with Crippen molar-refractivity contribution in [1.29, 1.82) is 0 Å². The number of carbonyl (C=O) groups is 1. The highest BCUT2D eigenvalue weighted by Gasteiger charge is 1.87. The van der Waals surface area contributed by atoms with Gasteiger partial charge in [-0.05, 0) is 12.8 Å². The number of aliphatic hydroxyl groups excluding tert-OH is 1. The molecule has 0 saturated carbocycles. The van der Waals surface area contributed by atoms with E-state index in [0.29, 0.717) is 12.8 Å². The summed E-state index contributed by atoms with van der Waals surface area (Å²) in [6.45, 7) is 3.54. The molecule has 11 heavy (non-hydrogen) atoms. The van der Waals surface area contributed by atoms with E-state index in [9.17, 15) is 4.79 Å². The largest absolute Gasteiger partial charge is 0.481 e. The number of carboxylic acids is 1. The molecule has 4 nitrogen and oxygen atoms in total. The van der Waals surface area contributed by atoms with Gasteiger partial charge in [-0.15, -0.1) is 0 Å². The summed E-state index contributed by atoms with van der Waals surface area (Å²) in [4.78, 5) is 9.60. The number of rotatable bonds is 3. The zero-order valence-electron chi connectivity index (χ0n) is 6.95. The number of hydrogen-bond acceptors (Lipinski definition) is 3. The van der Waals surface area contributed by atoms with Gasteiger partial charge in [-0.25, -0.2) is 0 Å². The van der Waals surface area contributed by atoms with E-state index in [2.05, 4.69) is 0 Å². The molecule has 68 valence electrons. The van der Waals surface area contributed by atoms with E-state index in [4.69, 9.17) is 15.3 Å². The molecule has 0 unspecified atom stereocenters. The Morgan fingerprint density at radius 3 is 1.73 bits per heavy atom. The van der Waals surface area contributed by atoms with Gasteiger partial charge >= 0.3 is 5.97 Å². The minimum absolute atomic E-state index is 0.292. The Labute approximate surface area is 66.5 Å². The number of aliphatic carboxylic acids is 1. The highest BCUT2D eigenvalue weighted by atomic mass is 16.5. The molecule has 0 aromatic carbocycles. The maximum absolute atomic E-state index is 9.60. The molecule has 0 heterocycles. The van der Waals surface area contributed by atoms with Crippen LogP contribution in [0.2, 0.25) is 0 Å². The third kappa shape index (κ3) is 26.6. The normalized spacial score (nSPS) is 8.82. The lowest BCUT2D eigenvalue weighted by Gasteiger charge is -1.90. The van der Waals surface area contributed by atoms with Crippen LogP contribution in [0.25, 0.3) is 0 Å². The van der Waals surface area contributed by atoms with Gasteiger partial charge in [-0.1, -0.05) is 13.8 Å². The highest BCUT2D eigenvalue weighted by Crippen LogP contribution is 1.82. The van der Waals surface area contributed by atoms with Crippen LogP contribution in [0.1, 0.15) is 33.1 Å². The van der Waals surface area contributed by atoms with Gasteiger partial charge in [0.25, 0.3) is 0 Å². The minimum Gasteiger partial charge on any atom is -0.481 e. The van der Waals surface area contributed by atoms with Crippen molar-refractivity contribution in [3.8, 4) is 0 Å². The lowest BCUT2D eigenvalue weighted by molar-refractivity contribution is -0.137. The summed E-state index contributed by atoms with van der Waals surface area (Å²) in [5.41, 5.74) is 0. The van der Waals surface area contributed by atoms with Crippen LogP contribution in [0, 0.1) is 0 Å². The first-order valence-corrected chi connectivity index (χ1v) is 3.62. The van der Waals surface area contributed by atoms with Gasteiger partial charge in [0.2, 0.25) is 0 Å². The first kappa shape index (κ1) is 13.0. The second-order valence-electron chi connectivity index (χ2n) is 2.03. The van der Waals surface area contributed by atoms with E-state index >= 15 is 0 Å². The number of carboxylic acid groups (broad SMARTS) is 1. The SMILES string of the molecule is CCC(O)O.CCCC(=O)O. The lowest BCUT2D eigenvalue weighted by atomic mass is 10.4. The van der Waals surface area contributed by atoms with Crippen molar-refractivity contribution < 1.29 is 20.1 Å². The predicted molar refractivity (Wildman–Crippen MR) is 41.1 cm³/mol. The fourth-order valence-electron chi connectivity index (χ4n) is 0.214. The summed E-state index contributed by atoms with van der Waals surface area (Å²) < 4.78 is 0. The summed E-state index contributed by atoms with van der Waals surface area (Å²) in [5.74, 6) is -0.711. The summed E-state index contributed by atoms with van der Waals surface area (Å²) >= 11 is 0. The summed E-state index contributed by atoms with van der Waals surface area (Å²) in [7, 11) is 0. The Bertz CT molecular complexity index is 90.4. The van der Waals surface area contributed by atoms with Crippen molar-refractivity contribution in [2.45, 2.75) is 39.4 Å². The molecule has 0 aliphatic carbocycles. The average molecular weight is 164 g/mol. The molecule has 0 aliphatic heterocycles. The molecule has 0 spiro atoms.